The number of hydrogen-bond donors (Lipinski definition) is 1. The number of anilines is 2. The number of nitrogens with zero attached hydrogens (tertiary/aromatic N) is 4. The van der Waals surface area contributed by atoms with Crippen LogP contribution >= 0.6 is 0 Å². The molecule has 0 bridgehead atoms. The van der Waals surface area contributed by atoms with E-state index in [1.54, 1.807) is 24.3 Å². The van der Waals surface area contributed by atoms with Crippen molar-refractivity contribution in [2.24, 2.45) is 0 Å². The van der Waals surface area contributed by atoms with Crippen molar-refractivity contribution in [2.45, 2.75) is 4.90 Å². The van der Waals surface area contributed by atoms with Gasteiger partial charge >= 0.3 is 0 Å². The minimum atomic E-state index is -3.70. The fourth-order valence-electron chi connectivity index (χ4n) is 4.06. The lowest BCUT2D eigenvalue weighted by molar-refractivity contribution is 0.312. The van der Waals surface area contributed by atoms with Gasteiger partial charge in [-0.2, -0.15) is 0 Å². The molecule has 1 N–H and O–H groups in total. The standard InChI is InChI=1S/C27H27N5O2S/c1-31-17-19-32(20-18-31)27-16-15-26(28-29-27)23-7-11-24(12-8-23)30-35(33,34)25-13-9-22(10-14-25)21-5-3-2-4-6-21/h2-16,30H,17-20H2,1H3. The average molecular weight is 486 g/mol. The number of aromatic nitrogens is 2. The van der Waals surface area contributed by atoms with Crippen LogP contribution in [0.4, 0.5) is 11.5 Å². The average Bonchev–Trinajstić information content (AvgIpc) is 2.90. The van der Waals surface area contributed by atoms with Gasteiger partial charge in [0.1, 0.15) is 0 Å². The van der Waals surface area contributed by atoms with Gasteiger partial charge in [-0.15, -0.1) is 10.2 Å². The van der Waals surface area contributed by atoms with Crippen molar-refractivity contribution >= 4 is 21.5 Å². The maximum atomic E-state index is 12.9. The van der Waals surface area contributed by atoms with Gasteiger partial charge in [-0.1, -0.05) is 54.6 Å². The molecule has 0 atom stereocenters. The van der Waals surface area contributed by atoms with Crippen molar-refractivity contribution in [3.8, 4) is 22.4 Å². The van der Waals surface area contributed by atoms with Gasteiger partial charge in [0.25, 0.3) is 10.0 Å². The van der Waals surface area contributed by atoms with Crippen LogP contribution in [0.15, 0.2) is 95.9 Å². The molecule has 5 rings (SSSR count). The molecule has 7 nitrogen and oxygen atoms in total. The Hall–Kier alpha value is -3.75. The molecule has 3 aromatic carbocycles. The molecular weight excluding hydrogens is 458 g/mol. The van der Waals surface area contributed by atoms with Gasteiger partial charge in [0.15, 0.2) is 5.82 Å². The minimum Gasteiger partial charge on any atom is -0.353 e. The van der Waals surface area contributed by atoms with Crippen molar-refractivity contribution in [1.29, 1.82) is 0 Å². The van der Waals surface area contributed by atoms with E-state index in [0.717, 1.165) is 54.4 Å². The second kappa shape index (κ2) is 9.85. The second-order valence-electron chi connectivity index (χ2n) is 8.64. The summed E-state index contributed by atoms with van der Waals surface area (Å²) in [6, 6.07) is 27.8. The Morgan fingerprint density at radius 3 is 1.94 bits per heavy atom. The molecule has 0 aliphatic carbocycles. The molecule has 0 saturated carbocycles. The van der Waals surface area contributed by atoms with Crippen molar-refractivity contribution in [3.05, 3.63) is 91.0 Å². The van der Waals surface area contributed by atoms with Crippen LogP contribution in [0, 0.1) is 0 Å². The minimum absolute atomic E-state index is 0.214. The molecule has 0 radical (unpaired) electrons. The largest absolute Gasteiger partial charge is 0.353 e. The van der Waals surface area contributed by atoms with E-state index in [9.17, 15) is 8.42 Å². The monoisotopic (exact) mass is 485 g/mol. The van der Waals surface area contributed by atoms with Crippen molar-refractivity contribution in [2.75, 3.05) is 42.8 Å². The molecule has 1 aliphatic heterocycles. The van der Waals surface area contributed by atoms with E-state index < -0.39 is 10.0 Å². The number of likely N-dealkylation sites (N-methyl/N-ethyl adjacent to an activating group) is 1. The van der Waals surface area contributed by atoms with Crippen LogP contribution in [0.25, 0.3) is 22.4 Å². The number of piperazine rings is 1. The molecule has 0 amide bonds. The third kappa shape index (κ3) is 5.34. The Bertz CT molecular complexity index is 1370. The highest BCUT2D eigenvalue weighted by molar-refractivity contribution is 7.92. The predicted octanol–water partition coefficient (Wildman–Crippen LogP) is 4.36. The zero-order valence-corrected chi connectivity index (χ0v) is 20.3. The summed E-state index contributed by atoms with van der Waals surface area (Å²) in [6.07, 6.45) is 0. The molecule has 1 aliphatic rings. The zero-order chi connectivity index (χ0) is 24.3. The fourth-order valence-corrected chi connectivity index (χ4v) is 5.12. The SMILES string of the molecule is CN1CCN(c2ccc(-c3ccc(NS(=O)(=O)c4ccc(-c5ccccc5)cc4)cc3)nn2)CC1. The molecule has 1 fully saturated rings. The lowest BCUT2D eigenvalue weighted by atomic mass is 10.1. The summed E-state index contributed by atoms with van der Waals surface area (Å²) in [6.45, 7) is 3.90. The van der Waals surface area contributed by atoms with Crippen LogP contribution < -0.4 is 9.62 Å². The fraction of sp³-hybridized carbons (Fsp3) is 0.185. The summed E-state index contributed by atoms with van der Waals surface area (Å²) in [7, 11) is -1.58. The molecular formula is C27H27N5O2S. The van der Waals surface area contributed by atoms with Gasteiger partial charge in [0, 0.05) is 37.4 Å². The summed E-state index contributed by atoms with van der Waals surface area (Å²) in [5.41, 5.74) is 4.11. The number of sulfonamides is 1. The van der Waals surface area contributed by atoms with Crippen LogP contribution in [-0.4, -0.2) is 56.7 Å². The summed E-state index contributed by atoms with van der Waals surface area (Å²) in [5.74, 6) is 0.879. The van der Waals surface area contributed by atoms with Gasteiger partial charge in [-0.05, 0) is 54.6 Å². The van der Waals surface area contributed by atoms with Gasteiger partial charge in [0.05, 0.1) is 10.6 Å². The highest BCUT2D eigenvalue weighted by Crippen LogP contribution is 2.25. The first-order valence-corrected chi connectivity index (χ1v) is 13.0. The molecule has 0 unspecified atom stereocenters. The van der Waals surface area contributed by atoms with Gasteiger partial charge < -0.3 is 9.80 Å². The Balaban J connectivity index is 1.25. The van der Waals surface area contributed by atoms with Crippen LogP contribution in [0.2, 0.25) is 0 Å². The number of rotatable bonds is 6. The first-order valence-electron chi connectivity index (χ1n) is 11.5. The van der Waals surface area contributed by atoms with Crippen molar-refractivity contribution < 1.29 is 8.42 Å². The highest BCUT2D eigenvalue weighted by Gasteiger charge is 2.17. The topological polar surface area (TPSA) is 78.4 Å². The quantitative estimate of drug-likeness (QED) is 0.437. The molecule has 2 heterocycles. The van der Waals surface area contributed by atoms with Gasteiger partial charge in [0.2, 0.25) is 0 Å². The zero-order valence-electron chi connectivity index (χ0n) is 19.5. The first kappa shape index (κ1) is 23.0. The third-order valence-electron chi connectivity index (χ3n) is 6.18. The van der Waals surface area contributed by atoms with Crippen molar-refractivity contribution in [3.63, 3.8) is 0 Å². The molecule has 0 spiro atoms. The molecule has 4 aromatic rings. The second-order valence-corrected chi connectivity index (χ2v) is 10.3. The lowest BCUT2D eigenvalue weighted by Gasteiger charge is -2.32. The summed E-state index contributed by atoms with van der Waals surface area (Å²) in [4.78, 5) is 4.75. The number of nitrogens with one attached hydrogen (secondary N) is 1. The Morgan fingerprint density at radius 1 is 0.686 bits per heavy atom. The van der Waals surface area contributed by atoms with E-state index in [1.165, 1.54) is 0 Å². The maximum absolute atomic E-state index is 12.9. The van der Waals surface area contributed by atoms with Gasteiger partial charge in [-0.3, -0.25) is 4.72 Å². The molecule has 8 heteroatoms. The summed E-state index contributed by atoms with van der Waals surface area (Å²) < 4.78 is 28.4. The van der Waals surface area contributed by atoms with E-state index in [-0.39, 0.29) is 4.90 Å². The number of benzene rings is 3. The Kier molecular flexibility index (Phi) is 6.48. The van der Waals surface area contributed by atoms with E-state index in [0.29, 0.717) is 5.69 Å². The summed E-state index contributed by atoms with van der Waals surface area (Å²) in [5, 5.41) is 8.78. The smallest absolute Gasteiger partial charge is 0.261 e. The van der Waals surface area contributed by atoms with Crippen LogP contribution in [0.5, 0.6) is 0 Å². The highest BCUT2D eigenvalue weighted by atomic mass is 32.2. The first-order chi connectivity index (χ1) is 17.0. The Labute approximate surface area is 206 Å². The third-order valence-corrected chi connectivity index (χ3v) is 7.58. The van der Waals surface area contributed by atoms with E-state index >= 15 is 0 Å². The van der Waals surface area contributed by atoms with Crippen LogP contribution in [-0.2, 0) is 10.0 Å². The van der Waals surface area contributed by atoms with E-state index in [2.05, 4.69) is 31.8 Å². The van der Waals surface area contributed by atoms with Crippen LogP contribution in [0.3, 0.4) is 0 Å². The van der Waals surface area contributed by atoms with E-state index in [1.807, 2.05) is 66.7 Å². The Morgan fingerprint density at radius 2 is 1.31 bits per heavy atom. The predicted molar refractivity (Wildman–Crippen MR) is 140 cm³/mol. The normalized spacial score (nSPS) is 14.6. The van der Waals surface area contributed by atoms with Crippen molar-refractivity contribution in [1.82, 2.24) is 15.1 Å². The molecule has 1 aromatic heterocycles. The molecule has 178 valence electrons. The van der Waals surface area contributed by atoms with E-state index in [4.69, 9.17) is 0 Å². The van der Waals surface area contributed by atoms with Crippen LogP contribution in [0.1, 0.15) is 0 Å². The molecule has 35 heavy (non-hydrogen) atoms. The van der Waals surface area contributed by atoms with Gasteiger partial charge in [-0.25, -0.2) is 8.42 Å². The lowest BCUT2D eigenvalue weighted by Crippen LogP contribution is -2.44. The summed E-state index contributed by atoms with van der Waals surface area (Å²) >= 11 is 0. The maximum Gasteiger partial charge on any atom is 0.261 e. The molecule has 1 saturated heterocycles. The number of hydrogen-bond acceptors (Lipinski definition) is 6.